The first kappa shape index (κ1) is 19.7. The second kappa shape index (κ2) is 6.97. The largest absolute Gasteiger partial charge is 0.492 e. The molecule has 2 rings (SSSR count). The minimum absolute atomic E-state index is 0.0697. The van der Waals surface area contributed by atoms with Gasteiger partial charge in [-0.3, -0.25) is 4.79 Å². The summed E-state index contributed by atoms with van der Waals surface area (Å²) in [6.07, 6.45) is 2.10. The van der Waals surface area contributed by atoms with E-state index in [9.17, 15) is 4.79 Å². The average Bonchev–Trinajstić information content (AvgIpc) is 2.65. The quantitative estimate of drug-likeness (QED) is 0.847. The fourth-order valence-electron chi connectivity index (χ4n) is 3.03. The van der Waals surface area contributed by atoms with Gasteiger partial charge in [0.2, 0.25) is 5.91 Å². The van der Waals surface area contributed by atoms with Crippen LogP contribution in [0.4, 0.5) is 0 Å². The predicted molar refractivity (Wildman–Crippen MR) is 103 cm³/mol. The van der Waals surface area contributed by atoms with E-state index in [0.29, 0.717) is 6.54 Å². The van der Waals surface area contributed by atoms with Crippen LogP contribution in [0, 0.1) is 20.8 Å². The monoisotopic (exact) mass is 343 g/mol. The smallest absolute Gasteiger partial charge is 0.400 e. The number of carbonyl (C=O) groups is 1. The highest BCUT2D eigenvalue weighted by atomic mass is 16.7. The van der Waals surface area contributed by atoms with Crippen molar-refractivity contribution in [2.75, 3.05) is 6.54 Å². The number of amides is 1. The highest BCUT2D eigenvalue weighted by molar-refractivity contribution is 6.56. The average molecular weight is 343 g/mol. The molecular weight excluding hydrogens is 313 g/mol. The van der Waals surface area contributed by atoms with Gasteiger partial charge in [-0.2, -0.15) is 0 Å². The van der Waals surface area contributed by atoms with Crippen LogP contribution in [0.1, 0.15) is 56.9 Å². The topological polar surface area (TPSA) is 47.6 Å². The van der Waals surface area contributed by atoms with Crippen molar-refractivity contribution in [3.63, 3.8) is 0 Å². The van der Waals surface area contributed by atoms with Crippen LogP contribution in [-0.2, 0) is 14.1 Å². The molecule has 0 aliphatic carbocycles. The third-order valence-corrected chi connectivity index (χ3v) is 5.17. The van der Waals surface area contributed by atoms with Crippen molar-refractivity contribution in [1.29, 1.82) is 0 Å². The van der Waals surface area contributed by atoms with E-state index in [1.54, 1.807) is 0 Å². The number of hydrogen-bond acceptors (Lipinski definition) is 3. The molecule has 0 bridgehead atoms. The molecule has 5 heteroatoms. The van der Waals surface area contributed by atoms with Crippen molar-refractivity contribution in [2.24, 2.45) is 0 Å². The van der Waals surface area contributed by atoms with Crippen LogP contribution in [0.5, 0.6) is 0 Å². The third-order valence-electron chi connectivity index (χ3n) is 5.17. The molecule has 1 N–H and O–H groups in total. The summed E-state index contributed by atoms with van der Waals surface area (Å²) >= 11 is 0. The standard InChI is InChI=1S/C20H30BNO3/c1-13-9-14(2)18(15(3)10-13)11-17(12-22-16(4)23)21-24-19(5,6)20(7,8)25-21/h9-11H,12H2,1-8H3,(H,22,23). The van der Waals surface area contributed by atoms with Gasteiger partial charge in [0.1, 0.15) is 0 Å². The normalized spacial score (nSPS) is 19.2. The Morgan fingerprint density at radius 2 is 1.56 bits per heavy atom. The summed E-state index contributed by atoms with van der Waals surface area (Å²) in [5.41, 5.74) is 4.90. The number of nitrogens with one attached hydrogen (secondary N) is 1. The minimum atomic E-state index is -0.475. The molecule has 1 saturated heterocycles. The van der Waals surface area contributed by atoms with Crippen molar-refractivity contribution in [2.45, 2.75) is 66.6 Å². The van der Waals surface area contributed by atoms with E-state index >= 15 is 0 Å². The molecule has 0 saturated carbocycles. The van der Waals surface area contributed by atoms with Gasteiger partial charge in [0.15, 0.2) is 0 Å². The lowest BCUT2D eigenvalue weighted by molar-refractivity contribution is -0.118. The third kappa shape index (κ3) is 4.34. The molecule has 0 radical (unpaired) electrons. The van der Waals surface area contributed by atoms with Crippen LogP contribution >= 0.6 is 0 Å². The van der Waals surface area contributed by atoms with E-state index in [0.717, 1.165) is 11.0 Å². The number of rotatable bonds is 4. The number of aryl methyl sites for hydroxylation is 3. The zero-order chi connectivity index (χ0) is 19.0. The van der Waals surface area contributed by atoms with Crippen LogP contribution < -0.4 is 5.32 Å². The Morgan fingerprint density at radius 1 is 1.08 bits per heavy atom. The molecule has 1 aliphatic heterocycles. The zero-order valence-corrected chi connectivity index (χ0v) is 16.7. The van der Waals surface area contributed by atoms with E-state index in [-0.39, 0.29) is 5.91 Å². The molecule has 0 unspecified atom stereocenters. The Kier molecular flexibility index (Phi) is 5.50. The van der Waals surface area contributed by atoms with Gasteiger partial charge in [-0.05, 0) is 70.6 Å². The first-order chi connectivity index (χ1) is 11.4. The first-order valence-corrected chi connectivity index (χ1v) is 8.81. The maximum atomic E-state index is 11.4. The Balaban J connectivity index is 2.42. The first-order valence-electron chi connectivity index (χ1n) is 8.81. The Hall–Kier alpha value is -1.59. The van der Waals surface area contributed by atoms with Crippen LogP contribution in [0.15, 0.2) is 17.6 Å². The summed E-state index contributed by atoms with van der Waals surface area (Å²) in [5, 5.41) is 2.88. The summed E-state index contributed by atoms with van der Waals surface area (Å²) in [6.45, 7) is 16.4. The lowest BCUT2D eigenvalue weighted by Crippen LogP contribution is -2.41. The number of carbonyl (C=O) groups excluding carboxylic acids is 1. The summed E-state index contributed by atoms with van der Waals surface area (Å²) in [7, 11) is -0.475. The maximum absolute atomic E-state index is 11.4. The van der Waals surface area contributed by atoms with Crippen molar-refractivity contribution in [3.05, 3.63) is 39.9 Å². The lowest BCUT2D eigenvalue weighted by Gasteiger charge is -2.32. The molecule has 136 valence electrons. The second-order valence-electron chi connectivity index (χ2n) is 8.03. The molecule has 1 aromatic carbocycles. The fourth-order valence-corrected chi connectivity index (χ4v) is 3.03. The van der Waals surface area contributed by atoms with Gasteiger partial charge in [-0.15, -0.1) is 0 Å². The molecule has 0 aromatic heterocycles. The highest BCUT2D eigenvalue weighted by Gasteiger charge is 2.52. The minimum Gasteiger partial charge on any atom is -0.400 e. The molecule has 25 heavy (non-hydrogen) atoms. The Bertz CT molecular complexity index is 668. The van der Waals surface area contributed by atoms with Crippen molar-refractivity contribution >= 4 is 19.1 Å². The van der Waals surface area contributed by atoms with Gasteiger partial charge in [0.25, 0.3) is 0 Å². The SMILES string of the molecule is CC(=O)NCC(=Cc1c(C)cc(C)cc1C)B1OC(C)(C)C(C)(C)O1. The molecule has 1 heterocycles. The molecule has 1 amide bonds. The molecule has 1 fully saturated rings. The Labute approximate surface area is 152 Å². The van der Waals surface area contributed by atoms with Gasteiger partial charge in [-0.25, -0.2) is 0 Å². The molecule has 4 nitrogen and oxygen atoms in total. The van der Waals surface area contributed by atoms with Gasteiger partial charge < -0.3 is 14.6 Å². The fraction of sp³-hybridized carbons (Fsp3) is 0.550. The van der Waals surface area contributed by atoms with E-state index < -0.39 is 18.3 Å². The van der Waals surface area contributed by atoms with Crippen LogP contribution in [0.25, 0.3) is 6.08 Å². The van der Waals surface area contributed by atoms with Crippen LogP contribution in [0.2, 0.25) is 0 Å². The van der Waals surface area contributed by atoms with Gasteiger partial charge >= 0.3 is 7.12 Å². The molecule has 0 atom stereocenters. The van der Waals surface area contributed by atoms with E-state index in [4.69, 9.17) is 9.31 Å². The predicted octanol–water partition coefficient (Wildman–Crippen LogP) is 3.76. The maximum Gasteiger partial charge on any atom is 0.492 e. The molecule has 0 spiro atoms. The summed E-state index contributed by atoms with van der Waals surface area (Å²) in [4.78, 5) is 11.4. The summed E-state index contributed by atoms with van der Waals surface area (Å²) in [6, 6.07) is 4.33. The van der Waals surface area contributed by atoms with E-state index in [1.165, 1.54) is 23.6 Å². The molecule has 1 aliphatic rings. The van der Waals surface area contributed by atoms with E-state index in [1.807, 2.05) is 27.7 Å². The van der Waals surface area contributed by atoms with Crippen molar-refractivity contribution in [3.8, 4) is 0 Å². The van der Waals surface area contributed by atoms with Gasteiger partial charge in [0.05, 0.1) is 11.2 Å². The lowest BCUT2D eigenvalue weighted by atomic mass is 9.76. The molecular formula is C20H30BNO3. The van der Waals surface area contributed by atoms with Crippen LogP contribution in [0.3, 0.4) is 0 Å². The Morgan fingerprint density at radius 3 is 2.00 bits per heavy atom. The van der Waals surface area contributed by atoms with Gasteiger partial charge in [0, 0.05) is 13.5 Å². The molecule has 1 aromatic rings. The van der Waals surface area contributed by atoms with Gasteiger partial charge in [-0.1, -0.05) is 23.8 Å². The van der Waals surface area contributed by atoms with Crippen molar-refractivity contribution in [1.82, 2.24) is 5.32 Å². The number of benzene rings is 1. The van der Waals surface area contributed by atoms with Crippen molar-refractivity contribution < 1.29 is 14.1 Å². The second-order valence-corrected chi connectivity index (χ2v) is 8.03. The summed E-state index contributed by atoms with van der Waals surface area (Å²) < 4.78 is 12.4. The van der Waals surface area contributed by atoms with E-state index in [2.05, 4.69) is 44.3 Å². The highest BCUT2D eigenvalue weighted by Crippen LogP contribution is 2.39. The van der Waals surface area contributed by atoms with Crippen LogP contribution in [-0.4, -0.2) is 30.8 Å². The summed E-state index contributed by atoms with van der Waals surface area (Å²) in [5.74, 6) is -0.0697. The number of hydrogen-bond donors (Lipinski definition) is 1. The zero-order valence-electron chi connectivity index (χ0n) is 16.7.